The van der Waals surface area contributed by atoms with E-state index in [1.807, 2.05) is 49.5 Å². The number of alkyl halides is 3. The zero-order chi connectivity index (χ0) is 33.7. The van der Waals surface area contributed by atoms with Crippen LogP contribution < -0.4 is 10.1 Å². The number of nitrogens with zero attached hydrogens (tertiary/aromatic N) is 2. The molecule has 0 fully saturated rings. The number of carboxylic acid groups (broad SMARTS) is 1. The number of aryl methyl sites for hydroxylation is 1. The number of aliphatic carboxylic acids is 1. The van der Waals surface area contributed by atoms with Gasteiger partial charge < -0.3 is 24.7 Å². The van der Waals surface area contributed by atoms with Crippen molar-refractivity contribution in [1.82, 2.24) is 19.9 Å². The van der Waals surface area contributed by atoms with E-state index < -0.39 is 12.1 Å². The van der Waals surface area contributed by atoms with Gasteiger partial charge in [0.15, 0.2) is 0 Å². The molecule has 0 bridgehead atoms. The maximum atomic E-state index is 13.5. The van der Waals surface area contributed by atoms with Crippen LogP contribution in [0.5, 0.6) is 5.75 Å². The molecule has 2 heterocycles. The van der Waals surface area contributed by atoms with Crippen LogP contribution in [0.3, 0.4) is 0 Å². The summed E-state index contributed by atoms with van der Waals surface area (Å²) in [5.41, 5.74) is 4.95. The van der Waals surface area contributed by atoms with E-state index in [-0.39, 0.29) is 18.5 Å². The van der Waals surface area contributed by atoms with E-state index in [1.165, 1.54) is 0 Å². The van der Waals surface area contributed by atoms with Crippen LogP contribution in [-0.4, -0.2) is 50.6 Å². The number of fused-ring (bicyclic) bond motifs is 1. The highest BCUT2D eigenvalue weighted by Crippen LogP contribution is 2.28. The minimum absolute atomic E-state index is 0.0470. The van der Waals surface area contributed by atoms with Gasteiger partial charge in [-0.25, -0.2) is 9.78 Å². The van der Waals surface area contributed by atoms with Gasteiger partial charge in [-0.05, 0) is 61.9 Å². The fourth-order valence-corrected chi connectivity index (χ4v) is 5.12. The lowest BCUT2D eigenvalue weighted by Crippen LogP contribution is -2.33. The number of Topliss-reactive ketones (excluding diaryl/α,β-unsaturated/α-hetero) is 1. The number of carboxylic acids is 1. The highest BCUT2D eigenvalue weighted by Gasteiger charge is 2.38. The lowest BCUT2D eigenvalue weighted by atomic mass is 10.0. The first kappa shape index (κ1) is 35.9. The zero-order valence-electron chi connectivity index (χ0n) is 26.3. The van der Waals surface area contributed by atoms with Gasteiger partial charge in [-0.1, -0.05) is 50.1 Å². The minimum Gasteiger partial charge on any atom is -0.497 e. The summed E-state index contributed by atoms with van der Waals surface area (Å²) in [5.74, 6) is -1.68. The molecule has 12 heteroatoms. The first-order valence-electron chi connectivity index (χ1n) is 15.3. The summed E-state index contributed by atoms with van der Waals surface area (Å²) in [6.45, 7) is 4.11. The molecule has 2 aromatic carbocycles. The number of unbranched alkanes of at least 4 members (excludes halogenated alkanes) is 3. The summed E-state index contributed by atoms with van der Waals surface area (Å²) in [6, 6.07) is 16.0. The number of hydrogen-bond donors (Lipinski definition) is 3. The molecule has 4 aromatic rings. The smallest absolute Gasteiger partial charge is 0.490 e. The third-order valence-corrected chi connectivity index (χ3v) is 7.55. The topological polar surface area (TPSA) is 126 Å². The van der Waals surface area contributed by atoms with E-state index in [1.54, 1.807) is 13.4 Å². The molecule has 248 valence electrons. The molecule has 3 N–H and O–H groups in total. The predicted molar refractivity (Wildman–Crippen MR) is 169 cm³/mol. The Morgan fingerprint density at radius 1 is 1.04 bits per heavy atom. The van der Waals surface area contributed by atoms with Crippen molar-refractivity contribution in [2.45, 2.75) is 84.0 Å². The van der Waals surface area contributed by atoms with Crippen molar-refractivity contribution in [1.29, 1.82) is 0 Å². The maximum absolute atomic E-state index is 13.5. The summed E-state index contributed by atoms with van der Waals surface area (Å²) in [7, 11) is 1.65. The Hall–Kier alpha value is -4.61. The van der Waals surface area contributed by atoms with Gasteiger partial charge >= 0.3 is 12.1 Å². The molecule has 0 saturated heterocycles. The van der Waals surface area contributed by atoms with Crippen molar-refractivity contribution in [3.05, 3.63) is 72.3 Å². The van der Waals surface area contributed by atoms with Gasteiger partial charge in [-0.2, -0.15) is 13.2 Å². The summed E-state index contributed by atoms with van der Waals surface area (Å²) in [6.07, 6.45) is 5.41. The Balaban J connectivity index is 0.000000738. The van der Waals surface area contributed by atoms with Gasteiger partial charge in [0.1, 0.15) is 17.7 Å². The third kappa shape index (κ3) is 10.5. The molecule has 1 amide bonds. The number of carbonyl (C=O) groups is 3. The fourth-order valence-electron chi connectivity index (χ4n) is 5.12. The molecule has 46 heavy (non-hydrogen) atoms. The summed E-state index contributed by atoms with van der Waals surface area (Å²) in [5, 5.41) is 11.4. The molecule has 0 spiro atoms. The zero-order valence-corrected chi connectivity index (χ0v) is 26.3. The predicted octanol–water partition coefficient (Wildman–Crippen LogP) is 7.55. The number of methoxy groups -OCH3 is 1. The Labute approximate surface area is 266 Å². The van der Waals surface area contributed by atoms with Gasteiger partial charge in [-0.3, -0.25) is 9.59 Å². The van der Waals surface area contributed by atoms with Crippen molar-refractivity contribution in [2.24, 2.45) is 0 Å². The fraction of sp³-hybridized carbons (Fsp3) is 0.412. The van der Waals surface area contributed by atoms with E-state index >= 15 is 0 Å². The first-order chi connectivity index (χ1) is 21.9. The second-order valence-corrected chi connectivity index (χ2v) is 11.0. The lowest BCUT2D eigenvalue weighted by molar-refractivity contribution is -0.192. The highest BCUT2D eigenvalue weighted by molar-refractivity contribution is 5.91. The van der Waals surface area contributed by atoms with Crippen LogP contribution in [0.15, 0.2) is 61.1 Å². The number of H-pyrrole nitrogens is 1. The third-order valence-electron chi connectivity index (χ3n) is 7.55. The van der Waals surface area contributed by atoms with Gasteiger partial charge in [0.2, 0.25) is 5.91 Å². The van der Waals surface area contributed by atoms with Crippen LogP contribution in [0.25, 0.3) is 22.2 Å². The molecule has 4 rings (SSSR count). The molecule has 0 radical (unpaired) electrons. The van der Waals surface area contributed by atoms with E-state index in [9.17, 15) is 22.8 Å². The van der Waals surface area contributed by atoms with Crippen LogP contribution in [0.2, 0.25) is 0 Å². The Bertz CT molecular complexity index is 1580. The van der Waals surface area contributed by atoms with Crippen LogP contribution in [0.1, 0.15) is 75.7 Å². The molecular weight excluding hydrogens is 601 g/mol. The number of aromatic nitrogens is 3. The Morgan fingerprint density at radius 3 is 2.39 bits per heavy atom. The van der Waals surface area contributed by atoms with Crippen LogP contribution in [-0.2, 0) is 20.8 Å². The van der Waals surface area contributed by atoms with Gasteiger partial charge in [0.05, 0.1) is 31.7 Å². The second-order valence-electron chi connectivity index (χ2n) is 11.0. The largest absolute Gasteiger partial charge is 0.497 e. The quantitative estimate of drug-likeness (QED) is 0.115. The Morgan fingerprint density at radius 2 is 1.74 bits per heavy atom. The molecular formula is C34H41F3N4O5. The van der Waals surface area contributed by atoms with E-state index in [4.69, 9.17) is 14.6 Å². The number of halogens is 3. The Kier molecular flexibility index (Phi) is 13.4. The molecule has 0 saturated carbocycles. The van der Waals surface area contributed by atoms with E-state index in [0.717, 1.165) is 77.7 Å². The number of ether oxygens (including phenoxy) is 1. The summed E-state index contributed by atoms with van der Waals surface area (Å²) < 4.78 is 39.2. The van der Waals surface area contributed by atoms with Crippen LogP contribution in [0.4, 0.5) is 13.2 Å². The monoisotopic (exact) mass is 642 g/mol. The van der Waals surface area contributed by atoms with Crippen LogP contribution in [0, 0.1) is 6.92 Å². The maximum Gasteiger partial charge on any atom is 0.490 e. The van der Waals surface area contributed by atoms with Crippen molar-refractivity contribution >= 4 is 28.6 Å². The van der Waals surface area contributed by atoms with E-state index in [2.05, 4.69) is 38.9 Å². The standard InChI is InChI=1S/C32H40N4O3.C2HF3O2/c1-4-5-14-25(37)15-10-7-11-16-31(36-22-33-21-30(36)24-12-8-6-9-13-24)35-32(38)20-27-23(2)34-29-18-17-26(39-3)19-28(27)29;3-2(4,5)1(6)7/h6,8-9,12-13,17-19,21-22,31,34H,4-5,7,10-11,14-16,20H2,1-3H3,(H,35,38);(H,6,7)/t31-;/m0./s1. The number of aromatic amines is 1. The van der Waals surface area contributed by atoms with Gasteiger partial charge in [0.25, 0.3) is 0 Å². The van der Waals surface area contributed by atoms with Crippen molar-refractivity contribution < 1.29 is 37.4 Å². The molecule has 2 aromatic heterocycles. The SMILES string of the molecule is CCCCC(=O)CCCCC[C@@H](NC(=O)Cc1c(C)[nH]c2ccc(OC)cc12)n1cncc1-c1ccccc1.O=C(O)C(F)(F)F. The second kappa shape index (κ2) is 17.2. The number of rotatable bonds is 15. The number of amides is 1. The van der Waals surface area contributed by atoms with Gasteiger partial charge in [0, 0.05) is 29.4 Å². The molecule has 0 unspecified atom stereocenters. The highest BCUT2D eigenvalue weighted by atomic mass is 19.4. The average Bonchev–Trinajstić information content (AvgIpc) is 3.63. The average molecular weight is 643 g/mol. The number of benzene rings is 2. The molecule has 0 aliphatic carbocycles. The van der Waals surface area contributed by atoms with Gasteiger partial charge in [-0.15, -0.1) is 0 Å². The number of hydrogen-bond acceptors (Lipinski definition) is 5. The normalized spacial score (nSPS) is 11.9. The van der Waals surface area contributed by atoms with Crippen molar-refractivity contribution in [3.8, 4) is 17.0 Å². The number of imidazole rings is 1. The van der Waals surface area contributed by atoms with Crippen molar-refractivity contribution in [3.63, 3.8) is 0 Å². The molecule has 0 aliphatic heterocycles. The molecule has 0 aliphatic rings. The minimum atomic E-state index is -5.08. The first-order valence-corrected chi connectivity index (χ1v) is 15.3. The summed E-state index contributed by atoms with van der Waals surface area (Å²) >= 11 is 0. The number of carbonyl (C=O) groups excluding carboxylic acids is 2. The number of nitrogens with one attached hydrogen (secondary N) is 2. The lowest BCUT2D eigenvalue weighted by Gasteiger charge is -2.23. The summed E-state index contributed by atoms with van der Waals surface area (Å²) in [4.78, 5) is 42.2. The molecule has 9 nitrogen and oxygen atoms in total. The molecule has 1 atom stereocenters. The van der Waals surface area contributed by atoms with Crippen LogP contribution >= 0.6 is 0 Å². The number of ketones is 1. The van der Waals surface area contributed by atoms with E-state index in [0.29, 0.717) is 18.6 Å². The van der Waals surface area contributed by atoms with Crippen molar-refractivity contribution in [2.75, 3.05) is 7.11 Å².